The van der Waals surface area contributed by atoms with Crippen molar-refractivity contribution < 1.29 is 4.79 Å². The first-order valence-electron chi connectivity index (χ1n) is 8.76. The summed E-state index contributed by atoms with van der Waals surface area (Å²) in [6.07, 6.45) is 3.13. The number of benzene rings is 1. The summed E-state index contributed by atoms with van der Waals surface area (Å²) in [5.41, 5.74) is 2.16. The maximum atomic E-state index is 12.1. The minimum Gasteiger partial charge on any atom is -0.372 e. The molecule has 1 aromatic rings. The lowest BCUT2D eigenvalue weighted by Crippen LogP contribution is -2.45. The van der Waals surface area contributed by atoms with Gasteiger partial charge in [0, 0.05) is 63.6 Å². The highest BCUT2D eigenvalue weighted by Gasteiger charge is 2.15. The van der Waals surface area contributed by atoms with E-state index >= 15 is 0 Å². The van der Waals surface area contributed by atoms with Crippen molar-refractivity contribution in [2.45, 2.75) is 19.3 Å². The monoisotopic (exact) mass is 316 g/mol. The van der Waals surface area contributed by atoms with Crippen molar-refractivity contribution in [1.29, 1.82) is 0 Å². The average Bonchev–Trinajstić information content (AvgIpc) is 3.09. The van der Waals surface area contributed by atoms with Gasteiger partial charge in [-0.1, -0.05) is 0 Å². The van der Waals surface area contributed by atoms with Crippen molar-refractivity contribution >= 4 is 17.3 Å². The molecule has 5 heteroatoms. The highest BCUT2D eigenvalue weighted by Crippen LogP contribution is 2.22. The summed E-state index contributed by atoms with van der Waals surface area (Å²) in [5, 5.41) is 3.01. The van der Waals surface area contributed by atoms with Crippen LogP contribution in [0.1, 0.15) is 19.3 Å². The van der Waals surface area contributed by atoms with E-state index in [4.69, 9.17) is 0 Å². The third-order valence-electron chi connectivity index (χ3n) is 4.87. The number of hydrogen-bond acceptors (Lipinski definition) is 4. The Morgan fingerprint density at radius 3 is 2.30 bits per heavy atom. The first-order chi connectivity index (χ1) is 11.2. The molecule has 2 fully saturated rings. The quantitative estimate of drug-likeness (QED) is 0.900. The lowest BCUT2D eigenvalue weighted by atomic mass is 10.2. The first-order valence-corrected chi connectivity index (χ1v) is 8.76. The molecular weight excluding hydrogens is 288 g/mol. The van der Waals surface area contributed by atoms with Crippen LogP contribution in [-0.2, 0) is 4.79 Å². The molecule has 0 aliphatic carbocycles. The fourth-order valence-corrected chi connectivity index (χ4v) is 3.29. The molecule has 1 amide bonds. The minimum atomic E-state index is 0.109. The molecule has 0 spiro atoms. The standard InChI is InChI=1S/C18H28N4O/c1-20-12-14-21(15-13-20)11-8-18(23)19-16-4-6-17(7-5-16)22-9-2-3-10-22/h4-7H,2-3,8-15H2,1H3,(H,19,23). The van der Waals surface area contributed by atoms with E-state index in [9.17, 15) is 4.79 Å². The predicted molar refractivity (Wildman–Crippen MR) is 95.1 cm³/mol. The van der Waals surface area contributed by atoms with E-state index in [-0.39, 0.29) is 5.91 Å². The molecule has 2 heterocycles. The van der Waals surface area contributed by atoms with Gasteiger partial charge in [-0.15, -0.1) is 0 Å². The third-order valence-corrected chi connectivity index (χ3v) is 4.87. The van der Waals surface area contributed by atoms with E-state index in [1.54, 1.807) is 0 Å². The Morgan fingerprint density at radius 2 is 1.65 bits per heavy atom. The molecule has 1 aromatic carbocycles. The van der Waals surface area contributed by atoms with Crippen molar-refractivity contribution in [3.8, 4) is 0 Å². The summed E-state index contributed by atoms with van der Waals surface area (Å²) >= 11 is 0. The molecule has 126 valence electrons. The summed E-state index contributed by atoms with van der Waals surface area (Å²) in [5.74, 6) is 0.109. The summed E-state index contributed by atoms with van der Waals surface area (Å²) < 4.78 is 0. The Labute approximate surface area is 139 Å². The molecule has 2 aliphatic rings. The van der Waals surface area contributed by atoms with Crippen molar-refractivity contribution in [3.05, 3.63) is 24.3 Å². The number of hydrogen-bond donors (Lipinski definition) is 1. The Hall–Kier alpha value is -1.59. The number of amides is 1. The molecule has 5 nitrogen and oxygen atoms in total. The molecule has 23 heavy (non-hydrogen) atoms. The van der Waals surface area contributed by atoms with Crippen molar-refractivity contribution in [2.75, 3.05) is 63.1 Å². The second-order valence-electron chi connectivity index (χ2n) is 6.68. The second-order valence-corrected chi connectivity index (χ2v) is 6.68. The Balaban J connectivity index is 1.42. The summed E-state index contributed by atoms with van der Waals surface area (Å²) in [6.45, 7) is 7.47. The van der Waals surface area contributed by atoms with Gasteiger partial charge in [0.2, 0.25) is 5.91 Å². The first kappa shape index (κ1) is 16.3. The van der Waals surface area contributed by atoms with Crippen molar-refractivity contribution in [3.63, 3.8) is 0 Å². The third kappa shape index (κ3) is 4.69. The maximum Gasteiger partial charge on any atom is 0.225 e. The van der Waals surface area contributed by atoms with Crippen LogP contribution in [-0.4, -0.2) is 68.6 Å². The highest BCUT2D eigenvalue weighted by molar-refractivity contribution is 5.91. The van der Waals surface area contributed by atoms with Crippen LogP contribution < -0.4 is 10.2 Å². The van der Waals surface area contributed by atoms with Crippen LogP contribution >= 0.6 is 0 Å². The number of rotatable bonds is 5. The Bertz CT molecular complexity index is 502. The van der Waals surface area contributed by atoms with Crippen LogP contribution in [0, 0.1) is 0 Å². The van der Waals surface area contributed by atoms with Crippen LogP contribution in [0.2, 0.25) is 0 Å². The maximum absolute atomic E-state index is 12.1. The van der Waals surface area contributed by atoms with E-state index in [1.807, 2.05) is 12.1 Å². The minimum absolute atomic E-state index is 0.109. The number of piperazine rings is 1. The largest absolute Gasteiger partial charge is 0.372 e. The normalized spacial score (nSPS) is 20.0. The van der Waals surface area contributed by atoms with Gasteiger partial charge >= 0.3 is 0 Å². The zero-order valence-electron chi connectivity index (χ0n) is 14.1. The summed E-state index contributed by atoms with van der Waals surface area (Å²) in [7, 11) is 2.15. The number of anilines is 2. The van der Waals surface area contributed by atoms with Gasteiger partial charge in [0.1, 0.15) is 0 Å². The lowest BCUT2D eigenvalue weighted by Gasteiger charge is -2.32. The fraction of sp³-hybridized carbons (Fsp3) is 0.611. The smallest absolute Gasteiger partial charge is 0.225 e. The molecule has 0 bridgehead atoms. The van der Waals surface area contributed by atoms with Gasteiger partial charge in [-0.25, -0.2) is 0 Å². The zero-order valence-corrected chi connectivity index (χ0v) is 14.1. The van der Waals surface area contributed by atoms with Crippen LogP contribution in [0.3, 0.4) is 0 Å². The van der Waals surface area contributed by atoms with Crippen LogP contribution in [0.15, 0.2) is 24.3 Å². The van der Waals surface area contributed by atoms with Crippen LogP contribution in [0.5, 0.6) is 0 Å². The average molecular weight is 316 g/mol. The molecule has 2 aliphatic heterocycles. The van der Waals surface area contributed by atoms with Gasteiger partial charge in [-0.3, -0.25) is 4.79 Å². The van der Waals surface area contributed by atoms with E-state index < -0.39 is 0 Å². The molecule has 0 radical (unpaired) electrons. The van der Waals surface area contributed by atoms with Gasteiger partial charge < -0.3 is 20.0 Å². The Kier molecular flexibility index (Phi) is 5.51. The van der Waals surface area contributed by atoms with Gasteiger partial charge in [0.15, 0.2) is 0 Å². The molecule has 0 saturated carbocycles. The molecule has 1 N–H and O–H groups in total. The lowest BCUT2D eigenvalue weighted by molar-refractivity contribution is -0.116. The zero-order chi connectivity index (χ0) is 16.1. The molecule has 0 unspecified atom stereocenters. The molecule has 0 atom stereocenters. The number of nitrogens with one attached hydrogen (secondary N) is 1. The van der Waals surface area contributed by atoms with Crippen LogP contribution in [0.4, 0.5) is 11.4 Å². The SMILES string of the molecule is CN1CCN(CCC(=O)Nc2ccc(N3CCCC3)cc2)CC1. The Morgan fingerprint density at radius 1 is 1.00 bits per heavy atom. The number of nitrogens with zero attached hydrogens (tertiary/aromatic N) is 3. The molecule has 0 aromatic heterocycles. The highest BCUT2D eigenvalue weighted by atomic mass is 16.1. The predicted octanol–water partition coefficient (Wildman–Crippen LogP) is 1.86. The van der Waals surface area contributed by atoms with Crippen molar-refractivity contribution in [2.24, 2.45) is 0 Å². The van der Waals surface area contributed by atoms with Gasteiger partial charge in [0.05, 0.1) is 0 Å². The van der Waals surface area contributed by atoms with Gasteiger partial charge in [-0.05, 0) is 44.2 Å². The molecular formula is C18H28N4O. The second kappa shape index (κ2) is 7.79. The van der Waals surface area contributed by atoms with E-state index in [1.165, 1.54) is 18.5 Å². The van der Waals surface area contributed by atoms with Crippen LogP contribution in [0.25, 0.3) is 0 Å². The summed E-state index contributed by atoms with van der Waals surface area (Å²) in [4.78, 5) is 19.2. The van der Waals surface area contributed by atoms with E-state index in [0.717, 1.165) is 51.5 Å². The molecule has 2 saturated heterocycles. The van der Waals surface area contributed by atoms with Crippen molar-refractivity contribution in [1.82, 2.24) is 9.80 Å². The number of likely N-dealkylation sites (N-methyl/N-ethyl adjacent to an activating group) is 1. The topological polar surface area (TPSA) is 38.8 Å². The summed E-state index contributed by atoms with van der Waals surface area (Å²) in [6, 6.07) is 8.26. The van der Waals surface area contributed by atoms with Gasteiger partial charge in [0.25, 0.3) is 0 Å². The van der Waals surface area contributed by atoms with E-state index in [0.29, 0.717) is 6.42 Å². The number of carbonyl (C=O) groups is 1. The van der Waals surface area contributed by atoms with Gasteiger partial charge in [-0.2, -0.15) is 0 Å². The number of carbonyl (C=O) groups excluding carboxylic acids is 1. The van der Waals surface area contributed by atoms with E-state index in [2.05, 4.69) is 39.2 Å². The fourth-order valence-electron chi connectivity index (χ4n) is 3.29. The molecule has 3 rings (SSSR count).